The fourth-order valence-corrected chi connectivity index (χ4v) is 1.47. The first-order chi connectivity index (χ1) is 6.54. The Kier molecular flexibility index (Phi) is 1.60. The number of rotatable bonds is 0. The topological polar surface area (TPSA) is 61.8 Å². The zero-order chi connectivity index (χ0) is 10.5. The largest absolute Gasteiger partial charge is 0.332 e. The molecule has 6 heteroatoms. The summed E-state index contributed by atoms with van der Waals surface area (Å²) in [5, 5.41) is 0. The van der Waals surface area contributed by atoms with Gasteiger partial charge < -0.3 is 4.57 Å². The molecule has 0 saturated carbocycles. The van der Waals surface area contributed by atoms with Crippen molar-refractivity contribution >= 4 is 11.2 Å². The molecule has 0 aliphatic rings. The Bertz CT molecular complexity index is 617. The monoisotopic (exact) mass is 195 g/mol. The fraction of sp³-hybridized carbons (Fsp3) is 0.375. The van der Waals surface area contributed by atoms with Crippen molar-refractivity contribution in [2.75, 3.05) is 0 Å². The second-order valence-electron chi connectivity index (χ2n) is 3.23. The zero-order valence-electron chi connectivity index (χ0n) is 8.18. The van der Waals surface area contributed by atoms with Crippen molar-refractivity contribution in [2.45, 2.75) is 0 Å². The average Bonchev–Trinajstić information content (AvgIpc) is 2.54. The van der Waals surface area contributed by atoms with Gasteiger partial charge in [0.15, 0.2) is 11.2 Å². The van der Waals surface area contributed by atoms with Crippen LogP contribution in [-0.2, 0) is 21.1 Å². The lowest BCUT2D eigenvalue weighted by Gasteiger charge is -2.02. The van der Waals surface area contributed by atoms with Crippen LogP contribution in [0.3, 0.4) is 0 Å². The van der Waals surface area contributed by atoms with Gasteiger partial charge in [0, 0.05) is 21.1 Å². The molecule has 2 aromatic heterocycles. The molecule has 2 rings (SSSR count). The highest BCUT2D eigenvalue weighted by atomic mass is 16.2. The predicted octanol–water partition coefficient (Wildman–Crippen LogP) is -1.03. The van der Waals surface area contributed by atoms with Crippen LogP contribution in [0, 0.1) is 0 Å². The first-order valence-corrected chi connectivity index (χ1v) is 4.11. The van der Waals surface area contributed by atoms with Crippen molar-refractivity contribution in [1.29, 1.82) is 0 Å². The molecule has 6 nitrogen and oxygen atoms in total. The van der Waals surface area contributed by atoms with Gasteiger partial charge in [-0.15, -0.1) is 0 Å². The number of hydrogen-bond acceptors (Lipinski definition) is 3. The second kappa shape index (κ2) is 2.57. The minimum Gasteiger partial charge on any atom is -0.328 e. The van der Waals surface area contributed by atoms with E-state index in [1.54, 1.807) is 18.7 Å². The smallest absolute Gasteiger partial charge is 0.328 e. The molecule has 0 saturated heterocycles. The molecule has 14 heavy (non-hydrogen) atoms. The number of aryl methyl sites for hydroxylation is 2. The van der Waals surface area contributed by atoms with Crippen LogP contribution in [0.5, 0.6) is 0 Å². The van der Waals surface area contributed by atoms with Crippen LogP contribution in [0.1, 0.15) is 0 Å². The Balaban J connectivity index is 3.22. The minimum atomic E-state index is -0.360. The van der Waals surface area contributed by atoms with E-state index in [2.05, 4.69) is 4.98 Å². The lowest BCUT2D eigenvalue weighted by Crippen LogP contribution is -2.37. The summed E-state index contributed by atoms with van der Waals surface area (Å²) in [5.41, 5.74) is 0.180. The van der Waals surface area contributed by atoms with Gasteiger partial charge in [0.2, 0.25) is 0 Å². The molecule has 2 heterocycles. The van der Waals surface area contributed by atoms with E-state index in [0.29, 0.717) is 11.2 Å². The van der Waals surface area contributed by atoms with Crippen molar-refractivity contribution in [3.05, 3.63) is 27.2 Å². The van der Waals surface area contributed by atoms with Gasteiger partial charge in [-0.3, -0.25) is 13.9 Å². The Morgan fingerprint density at radius 1 is 1.14 bits per heavy atom. The maximum atomic E-state index is 11.7. The second-order valence-corrected chi connectivity index (χ2v) is 3.23. The van der Waals surface area contributed by atoms with Crippen LogP contribution >= 0.6 is 0 Å². The summed E-state index contributed by atoms with van der Waals surface area (Å²) in [4.78, 5) is 27.2. The molecule has 0 aliphatic carbocycles. The van der Waals surface area contributed by atoms with Gasteiger partial charge in [-0.05, 0) is 0 Å². The Morgan fingerprint density at radius 2 is 1.79 bits per heavy atom. The molecule has 0 radical (unpaired) electrons. The van der Waals surface area contributed by atoms with E-state index in [1.165, 1.54) is 17.9 Å². The van der Waals surface area contributed by atoms with Crippen molar-refractivity contribution in [3.63, 3.8) is 0 Å². The van der Waals surface area contributed by atoms with E-state index in [1.807, 2.05) is 0 Å². The van der Waals surface area contributed by atoms with Crippen LogP contribution in [-0.4, -0.2) is 18.7 Å². The number of imidazole rings is 1. The highest BCUT2D eigenvalue weighted by molar-refractivity contribution is 5.69. The third kappa shape index (κ3) is 0.876. The third-order valence-electron chi connectivity index (χ3n) is 2.32. The van der Waals surface area contributed by atoms with Gasteiger partial charge in [0.1, 0.15) is 0 Å². The van der Waals surface area contributed by atoms with Gasteiger partial charge in [-0.2, -0.15) is 0 Å². The molecular weight excluding hydrogens is 185 g/mol. The standard InChI is InChI=1S/C8H10N4O2/c1-10-4-9-6-5(10)7(13)12(3)8(14)11(6)2/h4H,1-3H3/i3+1. The normalized spacial score (nSPS) is 11.1. The van der Waals surface area contributed by atoms with Gasteiger partial charge >= 0.3 is 5.69 Å². The van der Waals surface area contributed by atoms with Crippen LogP contribution in [0.4, 0.5) is 0 Å². The predicted molar refractivity (Wildman–Crippen MR) is 51.2 cm³/mol. The molecule has 0 N–H and O–H groups in total. The van der Waals surface area contributed by atoms with Crippen molar-refractivity contribution < 1.29 is 0 Å². The number of hydrogen-bond donors (Lipinski definition) is 0. The fourth-order valence-electron chi connectivity index (χ4n) is 1.47. The lowest BCUT2D eigenvalue weighted by molar-refractivity contribution is 0.705. The molecular formula is C8H10N4O2. The first-order valence-electron chi connectivity index (χ1n) is 4.11. The van der Waals surface area contributed by atoms with Crippen LogP contribution < -0.4 is 11.2 Å². The molecule has 0 aromatic carbocycles. The number of nitrogens with zero attached hydrogens (tertiary/aromatic N) is 4. The SMILES string of the molecule is Cn1cnc2c1c(=O)n([13CH3])c(=O)n2C. The summed E-state index contributed by atoms with van der Waals surface area (Å²) in [6.07, 6.45) is 1.52. The molecule has 0 spiro atoms. The van der Waals surface area contributed by atoms with E-state index in [4.69, 9.17) is 0 Å². The molecule has 0 bridgehead atoms. The van der Waals surface area contributed by atoms with E-state index in [9.17, 15) is 9.59 Å². The summed E-state index contributed by atoms with van der Waals surface area (Å²) in [5.74, 6) is 0. The summed E-state index contributed by atoms with van der Waals surface area (Å²) in [6.45, 7) is 0. The van der Waals surface area contributed by atoms with E-state index in [-0.39, 0.29) is 11.2 Å². The quantitative estimate of drug-likeness (QED) is 0.505. The van der Waals surface area contributed by atoms with Crippen molar-refractivity contribution in [1.82, 2.24) is 18.7 Å². The van der Waals surface area contributed by atoms with Crippen molar-refractivity contribution in [3.8, 4) is 0 Å². The Labute approximate surface area is 79.0 Å². The van der Waals surface area contributed by atoms with E-state index < -0.39 is 0 Å². The summed E-state index contributed by atoms with van der Waals surface area (Å²) in [6, 6.07) is 0. The van der Waals surface area contributed by atoms with Crippen LogP contribution in [0.15, 0.2) is 15.9 Å². The molecule has 0 amide bonds. The Hall–Kier alpha value is -1.85. The summed E-state index contributed by atoms with van der Waals surface area (Å²) >= 11 is 0. The lowest BCUT2D eigenvalue weighted by atomic mass is 10.5. The van der Waals surface area contributed by atoms with Crippen LogP contribution in [0.25, 0.3) is 11.2 Å². The highest BCUT2D eigenvalue weighted by Crippen LogP contribution is 2.01. The molecule has 2 aromatic rings. The zero-order valence-corrected chi connectivity index (χ0v) is 8.18. The molecule has 0 fully saturated rings. The maximum Gasteiger partial charge on any atom is 0.332 e. The summed E-state index contributed by atoms with van der Waals surface area (Å²) < 4.78 is 4.04. The average molecular weight is 195 g/mol. The van der Waals surface area contributed by atoms with E-state index in [0.717, 1.165) is 4.57 Å². The molecule has 0 aliphatic heterocycles. The van der Waals surface area contributed by atoms with Gasteiger partial charge in [-0.25, -0.2) is 9.78 Å². The molecule has 74 valence electrons. The maximum absolute atomic E-state index is 11.7. The van der Waals surface area contributed by atoms with Gasteiger partial charge in [0.25, 0.3) is 5.56 Å². The van der Waals surface area contributed by atoms with Gasteiger partial charge in [-0.1, -0.05) is 0 Å². The van der Waals surface area contributed by atoms with E-state index >= 15 is 0 Å². The summed E-state index contributed by atoms with van der Waals surface area (Å²) in [7, 11) is 4.77. The highest BCUT2D eigenvalue weighted by Gasteiger charge is 2.11. The Morgan fingerprint density at radius 3 is 2.43 bits per heavy atom. The molecule has 0 atom stereocenters. The third-order valence-corrected chi connectivity index (χ3v) is 2.32. The molecule has 0 unspecified atom stereocenters. The minimum absolute atomic E-state index is 0.317. The number of fused-ring (bicyclic) bond motifs is 1. The van der Waals surface area contributed by atoms with Gasteiger partial charge in [0.05, 0.1) is 6.33 Å². The van der Waals surface area contributed by atoms with Crippen molar-refractivity contribution in [2.24, 2.45) is 21.1 Å². The number of aromatic nitrogens is 4. The van der Waals surface area contributed by atoms with Crippen LogP contribution in [0.2, 0.25) is 0 Å². The first kappa shape index (κ1) is 8.74.